The van der Waals surface area contributed by atoms with E-state index >= 15 is 0 Å². The molecule has 3 heterocycles. The van der Waals surface area contributed by atoms with Gasteiger partial charge in [-0.3, -0.25) is 18.9 Å². The van der Waals surface area contributed by atoms with Crippen molar-refractivity contribution in [1.29, 1.82) is 0 Å². The molecule has 0 aromatic carbocycles. The molecule has 2 aromatic rings. The summed E-state index contributed by atoms with van der Waals surface area (Å²) >= 11 is 0. The molecule has 11 nitrogen and oxygen atoms in total. The van der Waals surface area contributed by atoms with Crippen LogP contribution in [0.1, 0.15) is 19.6 Å². The van der Waals surface area contributed by atoms with E-state index in [9.17, 15) is 14.5 Å². The van der Waals surface area contributed by atoms with E-state index in [1.807, 2.05) is 0 Å². The van der Waals surface area contributed by atoms with Crippen molar-refractivity contribution in [3.05, 3.63) is 16.7 Å². The van der Waals surface area contributed by atoms with Crippen LogP contribution in [0.5, 0.6) is 0 Å². The van der Waals surface area contributed by atoms with Gasteiger partial charge in [-0.2, -0.15) is 4.98 Å². The molecule has 0 amide bonds. The third kappa shape index (κ3) is 3.75. The highest BCUT2D eigenvalue weighted by Gasteiger charge is 2.38. The van der Waals surface area contributed by atoms with Crippen LogP contribution in [0.3, 0.4) is 0 Å². The summed E-state index contributed by atoms with van der Waals surface area (Å²) in [4.78, 5) is 22.2. The summed E-state index contributed by atoms with van der Waals surface area (Å²) in [5.41, 5.74) is 5.36. The summed E-state index contributed by atoms with van der Waals surface area (Å²) < 4.78 is 29.7. The smallest absolute Gasteiger partial charge is 0.280 e. The van der Waals surface area contributed by atoms with Gasteiger partial charge >= 0.3 is 0 Å². The first-order valence-electron chi connectivity index (χ1n) is 7.69. The highest BCUT2D eigenvalue weighted by atomic mass is 31.2. The zero-order valence-corrected chi connectivity index (χ0v) is 14.7. The Bertz CT molecular complexity index is 866. The lowest BCUT2D eigenvalue weighted by atomic mass is 10.2. The normalized spacial score (nSPS) is 26.1. The number of nitrogen functional groups attached to an aromatic ring is 1. The van der Waals surface area contributed by atoms with E-state index in [1.54, 1.807) is 6.92 Å². The number of aliphatic hydroxyl groups excluding tert-OH is 1. The summed E-state index contributed by atoms with van der Waals surface area (Å²) in [6, 6.07) is 0. The van der Waals surface area contributed by atoms with Crippen molar-refractivity contribution in [3.8, 4) is 0 Å². The van der Waals surface area contributed by atoms with Crippen LogP contribution < -0.4 is 11.3 Å². The van der Waals surface area contributed by atoms with E-state index in [0.29, 0.717) is 6.61 Å². The van der Waals surface area contributed by atoms with Crippen molar-refractivity contribution >= 4 is 24.5 Å². The molecule has 3 rings (SSSR count). The average Bonchev–Trinajstić information content (AvgIpc) is 3.08. The molecule has 0 bridgehead atoms. The van der Waals surface area contributed by atoms with Crippen molar-refractivity contribution in [2.75, 3.05) is 25.4 Å². The Kier molecular flexibility index (Phi) is 4.94. The standard InChI is InChI=1S/C13H20N5O6P/c1-3-23-25(2,21)6-22-8-4-7(19)12(24-8)18-5-15-9-10(18)16-13(14)17-11(9)20/h5,7-8,12,19H,3-4,6H2,1-2H3,(H3,14,16,17,20)/t7-,8-,12+,25?/m0/s1. The molecule has 25 heavy (non-hydrogen) atoms. The topological polar surface area (TPSA) is 155 Å². The van der Waals surface area contributed by atoms with Gasteiger partial charge in [-0.15, -0.1) is 0 Å². The number of aliphatic hydroxyl groups is 1. The number of hydrogen-bond acceptors (Lipinski definition) is 9. The average molecular weight is 373 g/mol. The highest BCUT2D eigenvalue weighted by molar-refractivity contribution is 7.57. The van der Waals surface area contributed by atoms with Gasteiger partial charge in [0, 0.05) is 13.1 Å². The van der Waals surface area contributed by atoms with Crippen molar-refractivity contribution in [2.45, 2.75) is 32.0 Å². The van der Waals surface area contributed by atoms with Gasteiger partial charge < -0.3 is 24.8 Å². The monoisotopic (exact) mass is 373 g/mol. The fourth-order valence-electron chi connectivity index (χ4n) is 2.63. The summed E-state index contributed by atoms with van der Waals surface area (Å²) in [7, 11) is -2.87. The Morgan fingerprint density at radius 2 is 2.36 bits per heavy atom. The molecule has 1 unspecified atom stereocenters. The summed E-state index contributed by atoms with van der Waals surface area (Å²) in [6.07, 6.45) is -1.17. The van der Waals surface area contributed by atoms with Gasteiger partial charge in [0.25, 0.3) is 5.56 Å². The number of rotatable bonds is 6. The van der Waals surface area contributed by atoms with Crippen LogP contribution in [0.25, 0.3) is 11.2 Å². The lowest BCUT2D eigenvalue weighted by Crippen LogP contribution is -2.20. The third-order valence-corrected chi connectivity index (χ3v) is 5.10. The molecule has 138 valence electrons. The molecule has 2 aromatic heterocycles. The maximum absolute atomic E-state index is 12.1. The molecular formula is C13H20N5O6P. The van der Waals surface area contributed by atoms with Gasteiger partial charge in [-0.25, -0.2) is 4.98 Å². The minimum Gasteiger partial charge on any atom is -0.388 e. The van der Waals surface area contributed by atoms with Crippen LogP contribution in [-0.4, -0.2) is 56.6 Å². The SMILES string of the molecule is CCOP(C)(=O)CO[C@@H]1C[C@H](O)[C@H](n2cnc3c(=O)[nH]c(N)nc32)O1. The molecule has 0 aliphatic carbocycles. The highest BCUT2D eigenvalue weighted by Crippen LogP contribution is 2.43. The van der Waals surface area contributed by atoms with E-state index in [2.05, 4.69) is 15.0 Å². The van der Waals surface area contributed by atoms with E-state index < -0.39 is 31.5 Å². The molecule has 12 heteroatoms. The lowest BCUT2D eigenvalue weighted by molar-refractivity contribution is -0.144. The van der Waals surface area contributed by atoms with E-state index in [-0.39, 0.29) is 29.9 Å². The van der Waals surface area contributed by atoms with Gasteiger partial charge in [-0.1, -0.05) is 0 Å². The fourth-order valence-corrected chi connectivity index (χ4v) is 3.69. The minimum absolute atomic E-state index is 0.0665. The van der Waals surface area contributed by atoms with Gasteiger partial charge in [0.05, 0.1) is 12.9 Å². The summed E-state index contributed by atoms with van der Waals surface area (Å²) in [5, 5.41) is 10.3. The third-order valence-electron chi connectivity index (χ3n) is 3.68. The molecule has 4 atom stereocenters. The molecule has 0 radical (unpaired) electrons. The molecular weight excluding hydrogens is 353 g/mol. The largest absolute Gasteiger partial charge is 0.388 e. The van der Waals surface area contributed by atoms with Crippen molar-refractivity contribution in [2.24, 2.45) is 0 Å². The second-order valence-corrected chi connectivity index (χ2v) is 8.31. The Labute approximate surface area is 142 Å². The second kappa shape index (κ2) is 6.85. The number of H-pyrrole nitrogens is 1. The molecule has 4 N–H and O–H groups in total. The van der Waals surface area contributed by atoms with Gasteiger partial charge in [0.15, 0.2) is 23.7 Å². The zero-order valence-electron chi connectivity index (χ0n) is 13.8. The van der Waals surface area contributed by atoms with Crippen molar-refractivity contribution in [3.63, 3.8) is 0 Å². The first-order valence-corrected chi connectivity index (χ1v) is 9.95. The predicted molar refractivity (Wildman–Crippen MR) is 88.2 cm³/mol. The Hall–Kier alpha value is -1.78. The number of imidazole rings is 1. The van der Waals surface area contributed by atoms with Crippen LogP contribution in [0.4, 0.5) is 5.95 Å². The molecule has 0 saturated carbocycles. The number of nitrogens with zero attached hydrogens (tertiary/aromatic N) is 3. The van der Waals surface area contributed by atoms with Crippen LogP contribution in [0.15, 0.2) is 11.1 Å². The van der Waals surface area contributed by atoms with E-state index in [1.165, 1.54) is 17.6 Å². The van der Waals surface area contributed by atoms with Crippen molar-refractivity contribution < 1.29 is 23.7 Å². The first kappa shape index (κ1) is 18.0. The maximum atomic E-state index is 12.1. The Morgan fingerprint density at radius 1 is 1.60 bits per heavy atom. The van der Waals surface area contributed by atoms with Crippen LogP contribution in [0, 0.1) is 0 Å². The van der Waals surface area contributed by atoms with Crippen LogP contribution in [-0.2, 0) is 18.6 Å². The quantitative estimate of drug-likeness (QED) is 0.603. The van der Waals surface area contributed by atoms with Gasteiger partial charge in [-0.05, 0) is 6.92 Å². The Balaban J connectivity index is 1.76. The number of aromatic nitrogens is 4. The van der Waals surface area contributed by atoms with E-state index in [0.717, 1.165) is 0 Å². The predicted octanol–water partition coefficient (Wildman–Crippen LogP) is 0.226. The van der Waals surface area contributed by atoms with Crippen molar-refractivity contribution in [1.82, 2.24) is 19.5 Å². The van der Waals surface area contributed by atoms with Gasteiger partial charge in [0.2, 0.25) is 13.3 Å². The molecule has 1 aliphatic rings. The van der Waals surface area contributed by atoms with Crippen LogP contribution in [0.2, 0.25) is 0 Å². The molecule has 1 fully saturated rings. The number of nitrogens with one attached hydrogen (secondary N) is 1. The van der Waals surface area contributed by atoms with Crippen LogP contribution >= 0.6 is 7.37 Å². The number of aromatic amines is 1. The number of hydrogen-bond donors (Lipinski definition) is 3. The lowest BCUT2D eigenvalue weighted by Gasteiger charge is -2.18. The molecule has 0 spiro atoms. The minimum atomic E-state index is -2.87. The number of nitrogens with two attached hydrogens (primary N) is 1. The number of ether oxygens (including phenoxy) is 2. The van der Waals surface area contributed by atoms with E-state index in [4.69, 9.17) is 19.7 Å². The number of anilines is 1. The Morgan fingerprint density at radius 3 is 3.08 bits per heavy atom. The summed E-state index contributed by atoms with van der Waals surface area (Å²) in [5.74, 6) is -0.0665. The van der Waals surface area contributed by atoms with Gasteiger partial charge in [0.1, 0.15) is 12.5 Å². The second-order valence-electron chi connectivity index (χ2n) is 5.76. The molecule has 1 saturated heterocycles. The first-order chi connectivity index (χ1) is 11.8. The molecule has 1 aliphatic heterocycles. The summed E-state index contributed by atoms with van der Waals surface area (Å²) in [6.45, 7) is 3.53. The zero-order chi connectivity index (χ0) is 18.2. The fraction of sp³-hybridized carbons (Fsp3) is 0.615. The number of fused-ring (bicyclic) bond motifs is 1. The maximum Gasteiger partial charge on any atom is 0.280 e.